The van der Waals surface area contributed by atoms with Gasteiger partial charge in [-0.2, -0.15) is 0 Å². The Kier molecular flexibility index (Phi) is 3.12. The lowest BCUT2D eigenvalue weighted by Gasteiger charge is -2.15. The molecule has 0 spiro atoms. The zero-order valence-corrected chi connectivity index (χ0v) is 8.52. The lowest BCUT2D eigenvalue weighted by atomic mass is 9.99. The van der Waals surface area contributed by atoms with Gasteiger partial charge in [0, 0.05) is 17.0 Å². The van der Waals surface area contributed by atoms with Crippen molar-refractivity contribution in [2.24, 2.45) is 11.7 Å². The first kappa shape index (κ1) is 9.55. The van der Waals surface area contributed by atoms with Crippen LogP contribution in [0.3, 0.4) is 0 Å². The first-order valence-corrected chi connectivity index (χ1v) is 4.96. The van der Waals surface area contributed by atoms with Crippen molar-refractivity contribution >= 4 is 11.3 Å². The molecule has 0 aromatic carbocycles. The largest absolute Gasteiger partial charge is 0.496 e. The summed E-state index contributed by atoms with van der Waals surface area (Å²) in [5, 5.41) is 4.04. The standard InChI is InChI=1S/C9H15NOS/c1-6(2)9(10)7-4-12-5-8(7)11-3/h4-6,9H,10H2,1-3H3. The monoisotopic (exact) mass is 185 g/mol. The van der Waals surface area contributed by atoms with Gasteiger partial charge in [-0.25, -0.2) is 0 Å². The maximum Gasteiger partial charge on any atom is 0.134 e. The van der Waals surface area contributed by atoms with Crippen molar-refractivity contribution in [3.63, 3.8) is 0 Å². The maximum atomic E-state index is 5.99. The Morgan fingerprint density at radius 3 is 2.58 bits per heavy atom. The average molecular weight is 185 g/mol. The molecule has 1 aromatic rings. The summed E-state index contributed by atoms with van der Waals surface area (Å²) in [7, 11) is 1.68. The second-order valence-electron chi connectivity index (χ2n) is 3.17. The summed E-state index contributed by atoms with van der Waals surface area (Å²) in [5.74, 6) is 1.37. The number of thiophene rings is 1. The van der Waals surface area contributed by atoms with Crippen LogP contribution >= 0.6 is 11.3 Å². The third-order valence-electron chi connectivity index (χ3n) is 1.95. The van der Waals surface area contributed by atoms with E-state index in [1.165, 1.54) is 0 Å². The first-order chi connectivity index (χ1) is 5.66. The summed E-state index contributed by atoms with van der Waals surface area (Å²) in [4.78, 5) is 0. The van der Waals surface area contributed by atoms with Crippen LogP contribution in [0.4, 0.5) is 0 Å². The molecule has 0 radical (unpaired) electrons. The van der Waals surface area contributed by atoms with Gasteiger partial charge in [0.15, 0.2) is 0 Å². The van der Waals surface area contributed by atoms with Gasteiger partial charge < -0.3 is 10.5 Å². The Morgan fingerprint density at radius 1 is 1.42 bits per heavy atom. The fraction of sp³-hybridized carbons (Fsp3) is 0.556. The van der Waals surface area contributed by atoms with Gasteiger partial charge in [-0.15, -0.1) is 11.3 Å². The summed E-state index contributed by atoms with van der Waals surface area (Å²) in [6, 6.07) is 0.0891. The normalized spacial score (nSPS) is 13.4. The molecule has 0 fully saturated rings. The molecule has 1 aromatic heterocycles. The van der Waals surface area contributed by atoms with Crippen molar-refractivity contribution in [2.75, 3.05) is 7.11 Å². The molecule has 3 heteroatoms. The minimum absolute atomic E-state index is 0.0891. The average Bonchev–Trinajstić information content (AvgIpc) is 2.49. The van der Waals surface area contributed by atoms with E-state index in [1.54, 1.807) is 18.4 Å². The number of ether oxygens (including phenoxy) is 1. The molecule has 2 N–H and O–H groups in total. The highest BCUT2D eigenvalue weighted by Gasteiger charge is 2.15. The van der Waals surface area contributed by atoms with Gasteiger partial charge in [0.05, 0.1) is 7.11 Å². The Hall–Kier alpha value is -0.540. The quantitative estimate of drug-likeness (QED) is 0.785. The lowest BCUT2D eigenvalue weighted by molar-refractivity contribution is 0.399. The molecule has 0 bridgehead atoms. The fourth-order valence-corrected chi connectivity index (χ4v) is 1.91. The minimum atomic E-state index is 0.0891. The highest BCUT2D eigenvalue weighted by Crippen LogP contribution is 2.31. The second-order valence-corrected chi connectivity index (χ2v) is 3.91. The molecule has 1 unspecified atom stereocenters. The van der Waals surface area contributed by atoms with Crippen molar-refractivity contribution in [1.29, 1.82) is 0 Å². The Bertz CT molecular complexity index is 244. The van der Waals surface area contributed by atoms with Crippen LogP contribution in [0.5, 0.6) is 5.75 Å². The molecular weight excluding hydrogens is 170 g/mol. The van der Waals surface area contributed by atoms with E-state index in [0.29, 0.717) is 5.92 Å². The molecule has 0 aliphatic carbocycles. The van der Waals surface area contributed by atoms with Crippen LogP contribution in [0, 0.1) is 5.92 Å². The van der Waals surface area contributed by atoms with Gasteiger partial charge in [0.2, 0.25) is 0 Å². The summed E-state index contributed by atoms with van der Waals surface area (Å²) in [6.45, 7) is 4.23. The van der Waals surface area contributed by atoms with Crippen molar-refractivity contribution < 1.29 is 4.74 Å². The number of methoxy groups -OCH3 is 1. The zero-order valence-electron chi connectivity index (χ0n) is 7.70. The molecule has 0 aliphatic heterocycles. The predicted molar refractivity (Wildman–Crippen MR) is 52.6 cm³/mol. The summed E-state index contributed by atoms with van der Waals surface area (Å²) < 4.78 is 5.19. The Morgan fingerprint density at radius 2 is 2.08 bits per heavy atom. The van der Waals surface area contributed by atoms with E-state index >= 15 is 0 Å². The van der Waals surface area contributed by atoms with Crippen LogP contribution in [0.1, 0.15) is 25.5 Å². The van der Waals surface area contributed by atoms with E-state index < -0.39 is 0 Å². The molecule has 68 valence electrons. The van der Waals surface area contributed by atoms with Gasteiger partial charge in [-0.1, -0.05) is 13.8 Å². The number of hydrogen-bond donors (Lipinski definition) is 1. The SMILES string of the molecule is COc1cscc1C(N)C(C)C. The van der Waals surface area contributed by atoms with Crippen LogP contribution in [0.15, 0.2) is 10.8 Å². The second kappa shape index (κ2) is 3.92. The van der Waals surface area contributed by atoms with Gasteiger partial charge in [0.1, 0.15) is 5.75 Å². The zero-order chi connectivity index (χ0) is 9.14. The summed E-state index contributed by atoms with van der Waals surface area (Å²) >= 11 is 1.63. The predicted octanol–water partition coefficient (Wildman–Crippen LogP) is 2.41. The van der Waals surface area contributed by atoms with Crippen LogP contribution in [-0.4, -0.2) is 7.11 Å². The topological polar surface area (TPSA) is 35.2 Å². The number of nitrogens with two attached hydrogens (primary N) is 1. The molecule has 0 saturated heterocycles. The highest BCUT2D eigenvalue weighted by molar-refractivity contribution is 7.08. The van der Waals surface area contributed by atoms with Gasteiger partial charge in [0.25, 0.3) is 0 Å². The molecule has 2 nitrogen and oxygen atoms in total. The first-order valence-electron chi connectivity index (χ1n) is 4.02. The van der Waals surface area contributed by atoms with E-state index in [1.807, 2.05) is 5.38 Å². The number of rotatable bonds is 3. The number of hydrogen-bond acceptors (Lipinski definition) is 3. The van der Waals surface area contributed by atoms with E-state index in [4.69, 9.17) is 10.5 Å². The summed E-state index contributed by atoms with van der Waals surface area (Å²) in [5.41, 5.74) is 7.11. The molecule has 1 atom stereocenters. The maximum absolute atomic E-state index is 5.99. The fourth-order valence-electron chi connectivity index (χ4n) is 1.06. The highest BCUT2D eigenvalue weighted by atomic mass is 32.1. The minimum Gasteiger partial charge on any atom is -0.496 e. The van der Waals surface area contributed by atoms with Crippen LogP contribution < -0.4 is 10.5 Å². The van der Waals surface area contributed by atoms with Gasteiger partial charge in [-0.05, 0) is 11.3 Å². The van der Waals surface area contributed by atoms with E-state index in [2.05, 4.69) is 19.2 Å². The third kappa shape index (κ3) is 1.79. The molecule has 0 aliphatic rings. The Labute approximate surface area is 77.3 Å². The Balaban J connectivity index is 2.86. The summed E-state index contributed by atoms with van der Waals surface area (Å²) in [6.07, 6.45) is 0. The molecule has 12 heavy (non-hydrogen) atoms. The van der Waals surface area contributed by atoms with E-state index in [9.17, 15) is 0 Å². The van der Waals surface area contributed by atoms with E-state index in [0.717, 1.165) is 11.3 Å². The van der Waals surface area contributed by atoms with Gasteiger partial charge >= 0.3 is 0 Å². The van der Waals surface area contributed by atoms with Crippen LogP contribution in [0.25, 0.3) is 0 Å². The van der Waals surface area contributed by atoms with Crippen LogP contribution in [0.2, 0.25) is 0 Å². The lowest BCUT2D eigenvalue weighted by Crippen LogP contribution is -2.16. The third-order valence-corrected chi connectivity index (χ3v) is 2.69. The molecule has 1 rings (SSSR count). The van der Waals surface area contributed by atoms with E-state index in [-0.39, 0.29) is 6.04 Å². The van der Waals surface area contributed by atoms with Gasteiger partial charge in [-0.3, -0.25) is 0 Å². The van der Waals surface area contributed by atoms with Crippen molar-refractivity contribution in [3.8, 4) is 5.75 Å². The molecular formula is C9H15NOS. The van der Waals surface area contributed by atoms with Crippen molar-refractivity contribution in [2.45, 2.75) is 19.9 Å². The van der Waals surface area contributed by atoms with Crippen molar-refractivity contribution in [3.05, 3.63) is 16.3 Å². The van der Waals surface area contributed by atoms with Crippen molar-refractivity contribution in [1.82, 2.24) is 0 Å². The molecule has 1 heterocycles. The molecule has 0 saturated carbocycles. The smallest absolute Gasteiger partial charge is 0.134 e. The van der Waals surface area contributed by atoms with Crippen LogP contribution in [-0.2, 0) is 0 Å². The molecule has 0 amide bonds.